The molecule has 0 saturated carbocycles. The molecule has 0 bridgehead atoms. The predicted octanol–water partition coefficient (Wildman–Crippen LogP) is 3.34. The molecule has 30 heavy (non-hydrogen) atoms. The molecule has 0 radical (unpaired) electrons. The Morgan fingerprint density at radius 3 is 2.53 bits per heavy atom. The summed E-state index contributed by atoms with van der Waals surface area (Å²) in [7, 11) is 0. The van der Waals surface area contributed by atoms with E-state index in [0.717, 1.165) is 24.6 Å². The Hall–Kier alpha value is -3.05. The van der Waals surface area contributed by atoms with Gasteiger partial charge in [-0.05, 0) is 43.0 Å². The maximum Gasteiger partial charge on any atom is 0.224 e. The summed E-state index contributed by atoms with van der Waals surface area (Å²) in [6.07, 6.45) is 1.38. The highest BCUT2D eigenvalue weighted by atomic mass is 19.2. The van der Waals surface area contributed by atoms with Crippen LogP contribution in [-0.4, -0.2) is 36.0 Å². The second-order valence-electron chi connectivity index (χ2n) is 7.48. The molecule has 2 aromatic carbocycles. The van der Waals surface area contributed by atoms with Crippen molar-refractivity contribution in [2.75, 3.05) is 18.4 Å². The highest BCUT2D eigenvalue weighted by Crippen LogP contribution is 2.21. The molecular formula is C22H23F3N4O. The van der Waals surface area contributed by atoms with Gasteiger partial charge in [0, 0.05) is 37.7 Å². The molecular weight excluding hydrogens is 393 g/mol. The van der Waals surface area contributed by atoms with Crippen LogP contribution in [0.2, 0.25) is 0 Å². The molecule has 1 aliphatic heterocycles. The number of benzene rings is 2. The zero-order valence-electron chi connectivity index (χ0n) is 16.4. The molecule has 1 saturated heterocycles. The minimum Gasteiger partial charge on any atom is -0.381 e. The standard InChI is InChI=1S/C22H23F3N4O/c23-18-12-20(25)19(24)10-15(18)9-16(27)11-22(30)29-7-5-17(6-8-29)28-21-4-2-1-3-14(21)13-26/h1-4,10,12,16-17,28H,5-9,11,27H2/t16-/m1/s1. The first-order valence-electron chi connectivity index (χ1n) is 9.79. The van der Waals surface area contributed by atoms with Gasteiger partial charge in [0.2, 0.25) is 5.91 Å². The SMILES string of the molecule is N#Cc1ccccc1NC1CCN(C(=O)C[C@H](N)Cc2cc(F)c(F)cc2F)CC1. The van der Waals surface area contributed by atoms with E-state index in [2.05, 4.69) is 11.4 Å². The first kappa shape index (κ1) is 21.7. The van der Waals surface area contributed by atoms with E-state index < -0.39 is 23.5 Å². The number of piperidine rings is 1. The molecule has 1 fully saturated rings. The highest BCUT2D eigenvalue weighted by Gasteiger charge is 2.25. The van der Waals surface area contributed by atoms with Crippen LogP contribution in [0.4, 0.5) is 18.9 Å². The summed E-state index contributed by atoms with van der Waals surface area (Å²) in [5, 5.41) is 12.5. The number of nitrogens with two attached hydrogens (primary N) is 1. The van der Waals surface area contributed by atoms with Crippen LogP contribution < -0.4 is 11.1 Å². The summed E-state index contributed by atoms with van der Waals surface area (Å²) in [4.78, 5) is 14.2. The van der Waals surface area contributed by atoms with E-state index in [1.807, 2.05) is 12.1 Å². The van der Waals surface area contributed by atoms with Gasteiger partial charge in [0.15, 0.2) is 11.6 Å². The second kappa shape index (κ2) is 9.63. The topological polar surface area (TPSA) is 82.2 Å². The lowest BCUT2D eigenvalue weighted by Crippen LogP contribution is -2.44. The molecule has 1 aliphatic rings. The average Bonchev–Trinajstić information content (AvgIpc) is 2.73. The normalized spacial score (nSPS) is 15.5. The number of rotatable bonds is 6. The largest absolute Gasteiger partial charge is 0.381 e. The van der Waals surface area contributed by atoms with Crippen LogP contribution in [0.25, 0.3) is 0 Å². The molecule has 3 rings (SSSR count). The van der Waals surface area contributed by atoms with Crippen molar-refractivity contribution in [3.8, 4) is 6.07 Å². The zero-order valence-corrected chi connectivity index (χ0v) is 16.4. The third-order valence-corrected chi connectivity index (χ3v) is 5.26. The number of carbonyl (C=O) groups excluding carboxylic acids is 1. The fourth-order valence-corrected chi connectivity index (χ4v) is 3.63. The lowest BCUT2D eigenvalue weighted by atomic mass is 10.0. The number of carbonyl (C=O) groups is 1. The Morgan fingerprint density at radius 2 is 1.83 bits per heavy atom. The fourth-order valence-electron chi connectivity index (χ4n) is 3.63. The monoisotopic (exact) mass is 416 g/mol. The van der Waals surface area contributed by atoms with Gasteiger partial charge in [-0.15, -0.1) is 0 Å². The van der Waals surface area contributed by atoms with Crippen molar-refractivity contribution in [1.82, 2.24) is 4.90 Å². The van der Waals surface area contributed by atoms with Crippen molar-refractivity contribution < 1.29 is 18.0 Å². The number of likely N-dealkylation sites (tertiary alicyclic amines) is 1. The molecule has 0 aromatic heterocycles. The molecule has 0 aliphatic carbocycles. The molecule has 1 atom stereocenters. The maximum absolute atomic E-state index is 13.8. The summed E-state index contributed by atoms with van der Waals surface area (Å²) < 4.78 is 40.1. The number of nitriles is 1. The number of amides is 1. The van der Waals surface area contributed by atoms with Gasteiger partial charge in [0.1, 0.15) is 11.9 Å². The van der Waals surface area contributed by atoms with Gasteiger partial charge in [-0.2, -0.15) is 5.26 Å². The van der Waals surface area contributed by atoms with Gasteiger partial charge < -0.3 is 16.0 Å². The van der Waals surface area contributed by atoms with Crippen LogP contribution in [0.1, 0.15) is 30.4 Å². The minimum atomic E-state index is -1.25. The molecule has 3 N–H and O–H groups in total. The van der Waals surface area contributed by atoms with Crippen molar-refractivity contribution in [1.29, 1.82) is 5.26 Å². The molecule has 158 valence electrons. The van der Waals surface area contributed by atoms with E-state index in [1.54, 1.807) is 17.0 Å². The summed E-state index contributed by atoms with van der Waals surface area (Å²) >= 11 is 0. The quantitative estimate of drug-likeness (QED) is 0.708. The van der Waals surface area contributed by atoms with Gasteiger partial charge in [-0.1, -0.05) is 12.1 Å². The Bertz CT molecular complexity index is 952. The van der Waals surface area contributed by atoms with E-state index in [-0.39, 0.29) is 30.4 Å². The van der Waals surface area contributed by atoms with E-state index in [4.69, 9.17) is 5.73 Å². The second-order valence-corrected chi connectivity index (χ2v) is 7.48. The first-order valence-corrected chi connectivity index (χ1v) is 9.79. The van der Waals surface area contributed by atoms with Crippen molar-refractivity contribution in [2.24, 2.45) is 5.73 Å². The summed E-state index contributed by atoms with van der Waals surface area (Å²) in [5.41, 5.74) is 7.26. The number of halogens is 3. The number of para-hydroxylation sites is 1. The number of hydrogen-bond acceptors (Lipinski definition) is 4. The van der Waals surface area contributed by atoms with E-state index in [1.165, 1.54) is 0 Å². The van der Waals surface area contributed by atoms with Gasteiger partial charge in [-0.25, -0.2) is 13.2 Å². The maximum atomic E-state index is 13.8. The van der Waals surface area contributed by atoms with Crippen molar-refractivity contribution in [3.05, 3.63) is 65.0 Å². The molecule has 0 spiro atoms. The predicted molar refractivity (Wildman–Crippen MR) is 107 cm³/mol. The molecule has 2 aromatic rings. The Labute approximate surface area is 173 Å². The number of nitrogens with one attached hydrogen (secondary N) is 1. The third kappa shape index (κ3) is 5.30. The summed E-state index contributed by atoms with van der Waals surface area (Å²) in [6, 6.07) is 10.1. The van der Waals surface area contributed by atoms with Crippen LogP contribution in [0.5, 0.6) is 0 Å². The van der Waals surface area contributed by atoms with Crippen LogP contribution in [0.15, 0.2) is 36.4 Å². The minimum absolute atomic E-state index is 0.00615. The molecule has 1 amide bonds. The van der Waals surface area contributed by atoms with E-state index in [0.29, 0.717) is 24.7 Å². The number of nitrogens with zero attached hydrogens (tertiary/aromatic N) is 2. The lowest BCUT2D eigenvalue weighted by Gasteiger charge is -2.33. The van der Waals surface area contributed by atoms with Gasteiger partial charge >= 0.3 is 0 Å². The van der Waals surface area contributed by atoms with E-state index in [9.17, 15) is 23.2 Å². The number of anilines is 1. The van der Waals surface area contributed by atoms with Crippen molar-refractivity contribution in [2.45, 2.75) is 37.8 Å². The van der Waals surface area contributed by atoms with Crippen LogP contribution in [-0.2, 0) is 11.2 Å². The van der Waals surface area contributed by atoms with Gasteiger partial charge in [0.25, 0.3) is 0 Å². The Balaban J connectivity index is 1.49. The number of hydrogen-bond donors (Lipinski definition) is 2. The van der Waals surface area contributed by atoms with Gasteiger partial charge in [0.05, 0.1) is 11.3 Å². The van der Waals surface area contributed by atoms with Crippen LogP contribution in [0.3, 0.4) is 0 Å². The lowest BCUT2D eigenvalue weighted by molar-refractivity contribution is -0.132. The molecule has 5 nitrogen and oxygen atoms in total. The van der Waals surface area contributed by atoms with E-state index >= 15 is 0 Å². The average molecular weight is 416 g/mol. The van der Waals surface area contributed by atoms with Gasteiger partial charge in [-0.3, -0.25) is 4.79 Å². The third-order valence-electron chi connectivity index (χ3n) is 5.26. The Morgan fingerprint density at radius 1 is 1.17 bits per heavy atom. The summed E-state index contributed by atoms with van der Waals surface area (Å²) in [5.74, 6) is -3.42. The summed E-state index contributed by atoms with van der Waals surface area (Å²) in [6.45, 7) is 1.08. The fraction of sp³-hybridized carbons (Fsp3) is 0.364. The molecule has 8 heteroatoms. The Kier molecular flexibility index (Phi) is 6.95. The highest BCUT2D eigenvalue weighted by molar-refractivity contribution is 5.77. The molecule has 1 heterocycles. The smallest absolute Gasteiger partial charge is 0.224 e. The van der Waals surface area contributed by atoms with Crippen LogP contribution >= 0.6 is 0 Å². The van der Waals surface area contributed by atoms with Crippen LogP contribution in [0, 0.1) is 28.8 Å². The first-order chi connectivity index (χ1) is 14.4. The zero-order chi connectivity index (χ0) is 21.7. The van der Waals surface area contributed by atoms with Crippen molar-refractivity contribution in [3.63, 3.8) is 0 Å². The van der Waals surface area contributed by atoms with Crippen molar-refractivity contribution >= 4 is 11.6 Å². The molecule has 0 unspecified atom stereocenters.